The Morgan fingerprint density at radius 3 is 2.91 bits per heavy atom. The van der Waals surface area contributed by atoms with E-state index in [1.807, 2.05) is 11.6 Å². The lowest BCUT2D eigenvalue weighted by Gasteiger charge is -2.43. The molecule has 3 atom stereocenters. The van der Waals surface area contributed by atoms with Crippen LogP contribution in [-0.4, -0.2) is 56.2 Å². The minimum absolute atomic E-state index is 0.0690. The summed E-state index contributed by atoms with van der Waals surface area (Å²) in [7, 11) is 0. The van der Waals surface area contributed by atoms with E-state index in [0.29, 0.717) is 19.3 Å². The van der Waals surface area contributed by atoms with Crippen molar-refractivity contribution in [2.45, 2.75) is 70.7 Å². The van der Waals surface area contributed by atoms with Crippen molar-refractivity contribution < 1.29 is 9.84 Å². The molecule has 3 heterocycles. The van der Waals surface area contributed by atoms with Crippen LogP contribution in [0.4, 0.5) is 0 Å². The number of aromatic nitrogens is 3. The smallest absolute Gasteiger partial charge is 0.141 e. The van der Waals surface area contributed by atoms with Crippen LogP contribution >= 0.6 is 0 Å². The maximum absolute atomic E-state index is 10.8. The molecule has 0 unspecified atom stereocenters. The van der Waals surface area contributed by atoms with Crippen LogP contribution in [0.15, 0.2) is 6.33 Å². The summed E-state index contributed by atoms with van der Waals surface area (Å²) < 4.78 is 7.68. The van der Waals surface area contributed by atoms with E-state index in [-0.39, 0.29) is 11.5 Å². The van der Waals surface area contributed by atoms with E-state index < -0.39 is 5.60 Å². The minimum atomic E-state index is -0.636. The molecule has 130 valence electrons. The molecule has 0 amide bonds. The van der Waals surface area contributed by atoms with Gasteiger partial charge in [-0.3, -0.25) is 4.90 Å². The first-order valence-electron chi connectivity index (χ1n) is 8.72. The molecule has 3 rings (SSSR count). The number of aliphatic hydroxyl groups is 1. The molecule has 1 aromatic rings. The molecular formula is C17H30N4O2. The molecule has 2 aliphatic rings. The molecule has 0 radical (unpaired) electrons. The van der Waals surface area contributed by atoms with Crippen LogP contribution in [0.3, 0.4) is 0 Å². The molecule has 1 N–H and O–H groups in total. The molecule has 6 nitrogen and oxygen atoms in total. The summed E-state index contributed by atoms with van der Waals surface area (Å²) in [6, 6.07) is 0.357. The predicted molar refractivity (Wildman–Crippen MR) is 88.0 cm³/mol. The van der Waals surface area contributed by atoms with Gasteiger partial charge in [0.15, 0.2) is 0 Å². The molecule has 0 spiro atoms. The molecular weight excluding hydrogens is 292 g/mol. The highest BCUT2D eigenvalue weighted by Crippen LogP contribution is 2.36. The Kier molecular flexibility index (Phi) is 4.51. The summed E-state index contributed by atoms with van der Waals surface area (Å²) in [4.78, 5) is 6.94. The van der Waals surface area contributed by atoms with E-state index in [2.05, 4.69) is 35.8 Å². The Labute approximate surface area is 138 Å². The largest absolute Gasteiger partial charge is 0.390 e. The Balaban J connectivity index is 1.76. The van der Waals surface area contributed by atoms with Gasteiger partial charge >= 0.3 is 0 Å². The van der Waals surface area contributed by atoms with Gasteiger partial charge in [-0.2, -0.15) is 5.10 Å². The van der Waals surface area contributed by atoms with Crippen LogP contribution in [0.1, 0.15) is 52.8 Å². The van der Waals surface area contributed by atoms with Crippen molar-refractivity contribution in [2.24, 2.45) is 5.92 Å². The molecule has 1 aromatic heterocycles. The predicted octanol–water partition coefficient (Wildman–Crippen LogP) is 1.78. The highest BCUT2D eigenvalue weighted by Gasteiger charge is 2.44. The zero-order valence-electron chi connectivity index (χ0n) is 14.8. The number of rotatable bonds is 3. The van der Waals surface area contributed by atoms with E-state index in [9.17, 15) is 5.11 Å². The maximum atomic E-state index is 10.8. The van der Waals surface area contributed by atoms with Gasteiger partial charge in [-0.25, -0.2) is 9.67 Å². The first-order valence-corrected chi connectivity index (χ1v) is 8.72. The second kappa shape index (κ2) is 6.15. The summed E-state index contributed by atoms with van der Waals surface area (Å²) in [5, 5.41) is 15.2. The van der Waals surface area contributed by atoms with E-state index >= 15 is 0 Å². The van der Waals surface area contributed by atoms with Crippen molar-refractivity contribution >= 4 is 0 Å². The van der Waals surface area contributed by atoms with E-state index in [1.165, 1.54) is 6.42 Å². The van der Waals surface area contributed by atoms with Crippen LogP contribution in [0.25, 0.3) is 0 Å². The number of hydrogen-bond donors (Lipinski definition) is 1. The summed E-state index contributed by atoms with van der Waals surface area (Å²) in [5.74, 6) is 1.17. The molecule has 2 saturated heterocycles. The Bertz CT molecular complexity index is 535. The zero-order valence-corrected chi connectivity index (χ0v) is 14.8. The minimum Gasteiger partial charge on any atom is -0.390 e. The van der Waals surface area contributed by atoms with Gasteiger partial charge in [0.1, 0.15) is 12.2 Å². The van der Waals surface area contributed by atoms with Gasteiger partial charge in [-0.1, -0.05) is 0 Å². The van der Waals surface area contributed by atoms with Crippen molar-refractivity contribution in [1.29, 1.82) is 0 Å². The lowest BCUT2D eigenvalue weighted by atomic mass is 9.79. The standard InChI is InChI=1S/C17H30N4O2/c1-16(2,3)21-15(18-12-19-21)10-20-8-5-6-14(20)13-11-23-9-7-17(13,4)22/h12-14,22H,5-11H2,1-4H3/t13-,14-,17-/m0/s1. The average molecular weight is 322 g/mol. The summed E-state index contributed by atoms with van der Waals surface area (Å²) >= 11 is 0. The van der Waals surface area contributed by atoms with Gasteiger partial charge in [0.2, 0.25) is 0 Å². The molecule has 23 heavy (non-hydrogen) atoms. The summed E-state index contributed by atoms with van der Waals surface area (Å²) in [6.45, 7) is 11.6. The number of ether oxygens (including phenoxy) is 1. The summed E-state index contributed by atoms with van der Waals surface area (Å²) in [6.07, 6.45) is 4.65. The first kappa shape index (κ1) is 16.9. The quantitative estimate of drug-likeness (QED) is 0.919. The van der Waals surface area contributed by atoms with Gasteiger partial charge in [-0.15, -0.1) is 0 Å². The molecule has 0 aliphatic carbocycles. The SMILES string of the molecule is CC(C)(C)n1ncnc1CN1CCC[C@H]1[C@@H]1COCC[C@]1(C)O. The highest BCUT2D eigenvalue weighted by molar-refractivity contribution is 4.99. The van der Waals surface area contributed by atoms with Crippen molar-refractivity contribution in [3.63, 3.8) is 0 Å². The number of likely N-dealkylation sites (tertiary alicyclic amines) is 1. The first-order chi connectivity index (χ1) is 10.8. The fraction of sp³-hybridized carbons (Fsp3) is 0.882. The molecule has 2 aliphatic heterocycles. The Morgan fingerprint density at radius 1 is 1.43 bits per heavy atom. The zero-order chi connectivity index (χ0) is 16.7. The molecule has 0 aromatic carbocycles. The fourth-order valence-corrected chi connectivity index (χ4v) is 4.00. The lowest BCUT2D eigenvalue weighted by molar-refractivity contribution is -0.123. The maximum Gasteiger partial charge on any atom is 0.141 e. The average Bonchev–Trinajstić information content (AvgIpc) is 3.07. The highest BCUT2D eigenvalue weighted by atomic mass is 16.5. The van der Waals surface area contributed by atoms with Crippen molar-refractivity contribution in [2.75, 3.05) is 19.8 Å². The van der Waals surface area contributed by atoms with Crippen LogP contribution in [0.2, 0.25) is 0 Å². The van der Waals surface area contributed by atoms with Crippen molar-refractivity contribution in [3.8, 4) is 0 Å². The monoisotopic (exact) mass is 322 g/mol. The summed E-state index contributed by atoms with van der Waals surface area (Å²) in [5.41, 5.74) is -0.705. The van der Waals surface area contributed by atoms with E-state index in [0.717, 1.165) is 31.8 Å². The van der Waals surface area contributed by atoms with Gasteiger partial charge in [0.25, 0.3) is 0 Å². The van der Waals surface area contributed by atoms with Crippen LogP contribution in [0.5, 0.6) is 0 Å². The second-order valence-electron chi connectivity index (χ2n) is 8.23. The third-order valence-corrected chi connectivity index (χ3v) is 5.33. The van der Waals surface area contributed by atoms with Crippen LogP contribution in [0, 0.1) is 5.92 Å². The third kappa shape index (κ3) is 3.44. The van der Waals surface area contributed by atoms with Gasteiger partial charge in [-0.05, 0) is 53.5 Å². The molecule has 2 fully saturated rings. The van der Waals surface area contributed by atoms with Gasteiger partial charge in [0.05, 0.1) is 24.3 Å². The molecule has 0 bridgehead atoms. The number of nitrogens with zero attached hydrogens (tertiary/aromatic N) is 4. The normalized spacial score (nSPS) is 33.3. The van der Waals surface area contributed by atoms with E-state index in [4.69, 9.17) is 4.74 Å². The third-order valence-electron chi connectivity index (χ3n) is 5.33. The van der Waals surface area contributed by atoms with Crippen LogP contribution < -0.4 is 0 Å². The van der Waals surface area contributed by atoms with Crippen LogP contribution in [-0.2, 0) is 16.8 Å². The fourth-order valence-electron chi connectivity index (χ4n) is 4.00. The molecule has 0 saturated carbocycles. The van der Waals surface area contributed by atoms with E-state index in [1.54, 1.807) is 6.33 Å². The number of hydrogen-bond acceptors (Lipinski definition) is 5. The van der Waals surface area contributed by atoms with Gasteiger partial charge in [0, 0.05) is 18.6 Å². The Morgan fingerprint density at radius 2 is 2.22 bits per heavy atom. The van der Waals surface area contributed by atoms with Gasteiger partial charge < -0.3 is 9.84 Å². The Hall–Kier alpha value is -0.980. The van der Waals surface area contributed by atoms with Crippen molar-refractivity contribution in [1.82, 2.24) is 19.7 Å². The lowest BCUT2D eigenvalue weighted by Crippen LogP contribution is -2.52. The topological polar surface area (TPSA) is 63.4 Å². The van der Waals surface area contributed by atoms with Crippen molar-refractivity contribution in [3.05, 3.63) is 12.2 Å². The second-order valence-corrected chi connectivity index (χ2v) is 8.23. The molecule has 6 heteroatoms.